The smallest absolute Gasteiger partial charge is 0.261 e. The van der Waals surface area contributed by atoms with E-state index in [0.29, 0.717) is 18.6 Å². The molecule has 4 rings (SSSR count). The van der Waals surface area contributed by atoms with Gasteiger partial charge in [0.2, 0.25) is 0 Å². The van der Waals surface area contributed by atoms with Crippen LogP contribution in [0, 0.1) is 6.92 Å². The number of para-hydroxylation sites is 1. The van der Waals surface area contributed by atoms with Crippen molar-refractivity contribution in [3.05, 3.63) is 47.0 Å². The lowest BCUT2D eigenvalue weighted by atomic mass is 10.2. The molecule has 1 N–H and O–H groups in total. The normalized spacial score (nSPS) is 15.5. The second-order valence-electron chi connectivity index (χ2n) is 7.12. The zero-order valence-corrected chi connectivity index (χ0v) is 16.2. The van der Waals surface area contributed by atoms with Gasteiger partial charge in [-0.25, -0.2) is 4.68 Å². The molecule has 1 saturated carbocycles. The Labute approximate surface area is 157 Å². The quantitative estimate of drug-likeness (QED) is 0.723. The molecule has 1 atom stereocenters. The van der Waals surface area contributed by atoms with Crippen molar-refractivity contribution in [2.45, 2.75) is 38.8 Å². The number of hydrogen-bond donors (Lipinski definition) is 1. The number of carbonyl (C=O) groups excluding carboxylic acids is 1. The molecule has 2 aromatic heterocycles. The number of rotatable bonds is 6. The summed E-state index contributed by atoms with van der Waals surface area (Å²) in [5.74, 6) is 0.00117. The lowest BCUT2D eigenvalue weighted by Crippen LogP contribution is -2.41. The summed E-state index contributed by atoms with van der Waals surface area (Å²) in [6, 6.07) is 13.1. The van der Waals surface area contributed by atoms with E-state index in [1.165, 1.54) is 24.2 Å². The third-order valence-electron chi connectivity index (χ3n) is 5.15. The molecule has 1 fully saturated rings. The maximum absolute atomic E-state index is 12.6. The van der Waals surface area contributed by atoms with E-state index in [1.54, 1.807) is 0 Å². The molecule has 0 radical (unpaired) electrons. The molecule has 6 heteroatoms. The fourth-order valence-electron chi connectivity index (χ4n) is 3.22. The number of fused-ring (bicyclic) bond motifs is 1. The first-order chi connectivity index (χ1) is 12.5. The molecule has 136 valence electrons. The van der Waals surface area contributed by atoms with Gasteiger partial charge in [-0.1, -0.05) is 18.2 Å². The molecule has 0 aliphatic heterocycles. The molecule has 0 saturated heterocycles. The van der Waals surface area contributed by atoms with E-state index in [9.17, 15) is 4.79 Å². The van der Waals surface area contributed by atoms with E-state index >= 15 is 0 Å². The molecule has 3 aromatic rings. The van der Waals surface area contributed by atoms with Crippen molar-refractivity contribution in [3.63, 3.8) is 0 Å². The summed E-state index contributed by atoms with van der Waals surface area (Å²) in [6.45, 7) is 4.83. The van der Waals surface area contributed by atoms with Crippen LogP contribution in [0.3, 0.4) is 0 Å². The van der Waals surface area contributed by atoms with Gasteiger partial charge in [0.1, 0.15) is 4.83 Å². The number of hydrogen-bond acceptors (Lipinski definition) is 4. The fraction of sp³-hybridized carbons (Fsp3) is 0.400. The van der Waals surface area contributed by atoms with Gasteiger partial charge in [0.05, 0.1) is 16.3 Å². The van der Waals surface area contributed by atoms with Crippen molar-refractivity contribution in [1.82, 2.24) is 20.0 Å². The number of thiophene rings is 1. The highest BCUT2D eigenvalue weighted by Crippen LogP contribution is 2.30. The molecule has 1 unspecified atom stereocenters. The maximum atomic E-state index is 12.6. The minimum absolute atomic E-state index is 0.00117. The van der Waals surface area contributed by atoms with Crippen LogP contribution in [0.15, 0.2) is 36.4 Å². The number of amides is 1. The SMILES string of the molecule is Cc1nn(-c2ccccc2)c2sc(C(=O)NCC(C)N(C)C3CC3)cc12. The van der Waals surface area contributed by atoms with E-state index in [-0.39, 0.29) is 5.91 Å². The van der Waals surface area contributed by atoms with Crippen molar-refractivity contribution in [2.24, 2.45) is 0 Å². The van der Waals surface area contributed by atoms with Crippen LogP contribution in [-0.4, -0.2) is 46.3 Å². The van der Waals surface area contributed by atoms with Crippen LogP contribution in [0.4, 0.5) is 0 Å². The van der Waals surface area contributed by atoms with E-state index < -0.39 is 0 Å². The van der Waals surface area contributed by atoms with Crippen LogP contribution in [0.5, 0.6) is 0 Å². The van der Waals surface area contributed by atoms with E-state index in [1.807, 2.05) is 48.0 Å². The second-order valence-corrected chi connectivity index (χ2v) is 8.15. The van der Waals surface area contributed by atoms with E-state index in [4.69, 9.17) is 0 Å². The first-order valence-electron chi connectivity index (χ1n) is 9.09. The van der Waals surface area contributed by atoms with Gasteiger partial charge in [-0.3, -0.25) is 9.69 Å². The number of benzene rings is 1. The molecule has 1 amide bonds. The summed E-state index contributed by atoms with van der Waals surface area (Å²) in [5.41, 5.74) is 1.96. The van der Waals surface area contributed by atoms with Gasteiger partial charge in [0.25, 0.3) is 5.91 Å². The molecular formula is C20H24N4OS. The maximum Gasteiger partial charge on any atom is 0.261 e. The summed E-state index contributed by atoms with van der Waals surface area (Å²) < 4.78 is 1.93. The Morgan fingerprint density at radius 1 is 1.38 bits per heavy atom. The van der Waals surface area contributed by atoms with Crippen LogP contribution in [-0.2, 0) is 0 Å². The van der Waals surface area contributed by atoms with Crippen molar-refractivity contribution >= 4 is 27.5 Å². The van der Waals surface area contributed by atoms with E-state index in [2.05, 4.69) is 29.3 Å². The average Bonchev–Trinajstić information content (AvgIpc) is 3.34. The van der Waals surface area contributed by atoms with Gasteiger partial charge in [-0.15, -0.1) is 11.3 Å². The largest absolute Gasteiger partial charge is 0.350 e. The monoisotopic (exact) mass is 368 g/mol. The highest BCUT2D eigenvalue weighted by atomic mass is 32.1. The summed E-state index contributed by atoms with van der Waals surface area (Å²) in [7, 11) is 2.14. The second kappa shape index (κ2) is 6.85. The Balaban J connectivity index is 1.52. The Morgan fingerprint density at radius 3 is 2.81 bits per heavy atom. The van der Waals surface area contributed by atoms with E-state index in [0.717, 1.165) is 26.5 Å². The number of aryl methyl sites for hydroxylation is 1. The number of nitrogens with one attached hydrogen (secondary N) is 1. The first kappa shape index (κ1) is 17.2. The highest BCUT2D eigenvalue weighted by molar-refractivity contribution is 7.20. The zero-order chi connectivity index (χ0) is 18.3. The van der Waals surface area contributed by atoms with Crippen LogP contribution in [0.2, 0.25) is 0 Å². The minimum atomic E-state index is 0.00117. The molecule has 26 heavy (non-hydrogen) atoms. The molecule has 2 heterocycles. The van der Waals surface area contributed by atoms with Gasteiger partial charge in [0, 0.05) is 24.0 Å². The van der Waals surface area contributed by atoms with Gasteiger partial charge in [0.15, 0.2) is 0 Å². The van der Waals surface area contributed by atoms with Crippen LogP contribution in [0.1, 0.15) is 35.1 Å². The van der Waals surface area contributed by atoms with Crippen LogP contribution >= 0.6 is 11.3 Å². The van der Waals surface area contributed by atoms with Crippen LogP contribution in [0.25, 0.3) is 15.9 Å². The van der Waals surface area contributed by atoms with Crippen molar-refractivity contribution in [1.29, 1.82) is 0 Å². The lowest BCUT2D eigenvalue weighted by molar-refractivity contribution is 0.0943. The fourth-order valence-corrected chi connectivity index (χ4v) is 4.32. The Bertz CT molecular complexity index is 926. The summed E-state index contributed by atoms with van der Waals surface area (Å²) in [5, 5.41) is 8.77. The predicted molar refractivity (Wildman–Crippen MR) is 106 cm³/mol. The van der Waals surface area contributed by atoms with Crippen LogP contribution < -0.4 is 5.32 Å². The predicted octanol–water partition coefficient (Wildman–Crippen LogP) is 3.61. The molecule has 0 bridgehead atoms. The lowest BCUT2D eigenvalue weighted by Gasteiger charge is -2.24. The van der Waals surface area contributed by atoms with Gasteiger partial charge >= 0.3 is 0 Å². The third kappa shape index (κ3) is 3.27. The standard InChI is InChI=1S/C20H24N4OS/c1-13(23(3)15-9-10-15)12-21-19(25)18-11-17-14(2)22-24(20(17)26-18)16-7-5-4-6-8-16/h4-8,11,13,15H,9-10,12H2,1-3H3,(H,21,25). The number of nitrogens with zero attached hydrogens (tertiary/aromatic N) is 3. The average molecular weight is 369 g/mol. The molecule has 0 spiro atoms. The topological polar surface area (TPSA) is 50.2 Å². The summed E-state index contributed by atoms with van der Waals surface area (Å²) >= 11 is 1.50. The number of aromatic nitrogens is 2. The van der Waals surface area contributed by atoms with Gasteiger partial charge < -0.3 is 5.32 Å². The number of likely N-dealkylation sites (N-methyl/N-ethyl adjacent to an activating group) is 1. The molecule has 1 aliphatic rings. The Kier molecular flexibility index (Phi) is 4.54. The first-order valence-corrected chi connectivity index (χ1v) is 9.91. The molecular weight excluding hydrogens is 344 g/mol. The third-order valence-corrected chi connectivity index (χ3v) is 6.25. The Morgan fingerprint density at radius 2 is 2.12 bits per heavy atom. The summed E-state index contributed by atoms with van der Waals surface area (Å²) in [6.07, 6.45) is 2.56. The highest BCUT2D eigenvalue weighted by Gasteiger charge is 2.29. The van der Waals surface area contributed by atoms with Gasteiger partial charge in [-0.2, -0.15) is 5.10 Å². The van der Waals surface area contributed by atoms with Crippen molar-refractivity contribution < 1.29 is 4.79 Å². The van der Waals surface area contributed by atoms with Crippen molar-refractivity contribution in [2.75, 3.05) is 13.6 Å². The summed E-state index contributed by atoms with van der Waals surface area (Å²) in [4.78, 5) is 16.8. The minimum Gasteiger partial charge on any atom is -0.350 e. The van der Waals surface area contributed by atoms with Crippen molar-refractivity contribution in [3.8, 4) is 5.69 Å². The number of carbonyl (C=O) groups is 1. The molecule has 5 nitrogen and oxygen atoms in total. The van der Waals surface area contributed by atoms with Gasteiger partial charge in [-0.05, 0) is 51.9 Å². The zero-order valence-electron chi connectivity index (χ0n) is 15.4. The molecule has 1 aliphatic carbocycles. The Hall–Kier alpha value is -2.18. The molecule has 1 aromatic carbocycles.